The average molecular weight is 396 g/mol. The number of carbonyl (C=O) groups is 1. The van der Waals surface area contributed by atoms with Gasteiger partial charge in [-0.3, -0.25) is 9.78 Å². The predicted octanol–water partition coefficient (Wildman–Crippen LogP) is 4.73. The van der Waals surface area contributed by atoms with E-state index < -0.39 is 0 Å². The van der Waals surface area contributed by atoms with Gasteiger partial charge in [0.2, 0.25) is 4.77 Å². The van der Waals surface area contributed by atoms with E-state index in [0.717, 1.165) is 16.7 Å². The molecule has 2 heterocycles. The Balaban J connectivity index is 2.20. The number of pyridine rings is 1. The standard InChI is InChI=1S/C21H25N5OS/c1-20(2,3)15-10-14(11-16(17(15)27)21(4,5)6)25-26-18(23-24-19(26)28)13-8-7-9-22-12-13/h7-12H,1-6H3,(H,24,28). The molecule has 3 rings (SSSR count). The third-order valence-corrected chi connectivity index (χ3v) is 4.74. The van der Waals surface area contributed by atoms with Gasteiger partial charge in [-0.25, -0.2) is 5.10 Å². The van der Waals surface area contributed by atoms with Crippen molar-refractivity contribution in [2.75, 3.05) is 0 Å². The first-order chi connectivity index (χ1) is 13.0. The van der Waals surface area contributed by atoms with Crippen molar-refractivity contribution in [1.29, 1.82) is 0 Å². The molecule has 0 atom stereocenters. The number of carbonyl (C=O) groups excluding carboxylic acids is 1. The van der Waals surface area contributed by atoms with Crippen LogP contribution < -0.4 is 0 Å². The number of ketones is 1. The number of rotatable bonds is 2. The Kier molecular flexibility index (Phi) is 5.06. The molecule has 0 amide bonds. The first-order valence-electron chi connectivity index (χ1n) is 9.14. The fourth-order valence-electron chi connectivity index (χ4n) is 2.97. The van der Waals surface area contributed by atoms with Crippen LogP contribution in [-0.2, 0) is 4.79 Å². The summed E-state index contributed by atoms with van der Waals surface area (Å²) < 4.78 is 1.95. The van der Waals surface area contributed by atoms with Gasteiger partial charge in [0, 0.05) is 29.1 Å². The minimum absolute atomic E-state index is 0.0715. The molecule has 0 saturated heterocycles. The second kappa shape index (κ2) is 7.05. The van der Waals surface area contributed by atoms with E-state index >= 15 is 0 Å². The highest BCUT2D eigenvalue weighted by Gasteiger charge is 2.34. The number of aromatic amines is 1. The number of Topliss-reactive ketones (excluding diaryl/α,β-unsaturated/α-hetero) is 1. The Morgan fingerprint density at radius 3 is 2.18 bits per heavy atom. The van der Waals surface area contributed by atoms with Crippen LogP contribution in [-0.4, -0.2) is 31.4 Å². The average Bonchev–Trinajstić information content (AvgIpc) is 2.96. The van der Waals surface area contributed by atoms with Crippen molar-refractivity contribution < 1.29 is 4.79 Å². The molecule has 1 N–H and O–H groups in total. The number of allylic oxidation sites excluding steroid dienone is 4. The molecule has 2 aromatic heterocycles. The lowest BCUT2D eigenvalue weighted by molar-refractivity contribution is -0.114. The molecular formula is C21H25N5OS. The zero-order chi connectivity index (χ0) is 20.7. The maximum atomic E-state index is 13.1. The Labute approximate surface area is 170 Å². The molecule has 28 heavy (non-hydrogen) atoms. The van der Waals surface area contributed by atoms with E-state index in [1.807, 2.05) is 65.8 Å². The van der Waals surface area contributed by atoms with Gasteiger partial charge in [0.25, 0.3) is 0 Å². The summed E-state index contributed by atoms with van der Waals surface area (Å²) in [6.07, 6.45) is 7.10. The second-order valence-corrected chi connectivity index (χ2v) is 9.26. The summed E-state index contributed by atoms with van der Waals surface area (Å²) in [5.41, 5.74) is 2.33. The quantitative estimate of drug-likeness (QED) is 0.589. The van der Waals surface area contributed by atoms with Crippen LogP contribution in [0.5, 0.6) is 0 Å². The summed E-state index contributed by atoms with van der Waals surface area (Å²) in [7, 11) is 0. The Hall–Kier alpha value is -2.67. The highest BCUT2D eigenvalue weighted by molar-refractivity contribution is 7.71. The lowest BCUT2D eigenvalue weighted by Gasteiger charge is -2.30. The van der Waals surface area contributed by atoms with Crippen LogP contribution in [0.25, 0.3) is 11.4 Å². The summed E-state index contributed by atoms with van der Waals surface area (Å²) in [5.74, 6) is 0.640. The van der Waals surface area contributed by atoms with E-state index in [2.05, 4.69) is 15.2 Å². The maximum absolute atomic E-state index is 13.1. The number of hydrogen-bond acceptors (Lipinski definition) is 5. The van der Waals surface area contributed by atoms with Crippen molar-refractivity contribution in [3.63, 3.8) is 0 Å². The fourth-order valence-corrected chi connectivity index (χ4v) is 3.14. The number of nitrogens with zero attached hydrogens (tertiary/aromatic N) is 4. The van der Waals surface area contributed by atoms with Gasteiger partial charge in [-0.1, -0.05) is 41.5 Å². The molecule has 1 aliphatic carbocycles. The summed E-state index contributed by atoms with van der Waals surface area (Å²) in [5, 5.41) is 11.8. The topological polar surface area (TPSA) is 75.9 Å². The molecule has 0 spiro atoms. The van der Waals surface area contributed by atoms with E-state index in [4.69, 9.17) is 17.3 Å². The molecule has 146 valence electrons. The molecule has 0 fully saturated rings. The highest BCUT2D eigenvalue weighted by atomic mass is 32.1. The summed E-state index contributed by atoms with van der Waals surface area (Å²) in [4.78, 5) is 17.2. The van der Waals surface area contributed by atoms with Crippen molar-refractivity contribution in [1.82, 2.24) is 19.9 Å². The molecule has 7 heteroatoms. The maximum Gasteiger partial charge on any atom is 0.216 e. The Bertz CT molecular complexity index is 1020. The van der Waals surface area contributed by atoms with E-state index in [9.17, 15) is 4.79 Å². The van der Waals surface area contributed by atoms with Crippen LogP contribution in [0.1, 0.15) is 41.5 Å². The molecule has 6 nitrogen and oxygen atoms in total. The van der Waals surface area contributed by atoms with E-state index in [-0.39, 0.29) is 16.6 Å². The minimum Gasteiger partial charge on any atom is -0.289 e. The summed E-state index contributed by atoms with van der Waals surface area (Å²) >= 11 is 5.38. The van der Waals surface area contributed by atoms with Gasteiger partial charge >= 0.3 is 0 Å². The van der Waals surface area contributed by atoms with Gasteiger partial charge in [0.1, 0.15) is 0 Å². The third kappa shape index (κ3) is 3.94. The van der Waals surface area contributed by atoms with Crippen LogP contribution in [0, 0.1) is 15.6 Å². The predicted molar refractivity (Wildman–Crippen MR) is 114 cm³/mol. The summed E-state index contributed by atoms with van der Waals surface area (Å²) in [6.45, 7) is 12.2. The molecule has 0 radical (unpaired) electrons. The van der Waals surface area contributed by atoms with E-state index in [0.29, 0.717) is 16.3 Å². The SMILES string of the molecule is CC(C)(C)C1=CC(=Nn2c(-c3cccnc3)n[nH]c2=S)C=C(C(C)(C)C)C1=O. The normalized spacial score (nSPS) is 15.4. The molecular weight excluding hydrogens is 370 g/mol. The van der Waals surface area contributed by atoms with Gasteiger partial charge in [0.05, 0.1) is 5.71 Å². The zero-order valence-corrected chi connectivity index (χ0v) is 17.9. The van der Waals surface area contributed by atoms with Gasteiger partial charge in [-0.2, -0.15) is 14.9 Å². The van der Waals surface area contributed by atoms with Gasteiger partial charge in [-0.05, 0) is 47.3 Å². The summed E-state index contributed by atoms with van der Waals surface area (Å²) in [6, 6.07) is 3.73. The lowest BCUT2D eigenvalue weighted by Crippen LogP contribution is -2.29. The van der Waals surface area contributed by atoms with E-state index in [1.165, 1.54) is 0 Å². The van der Waals surface area contributed by atoms with Crippen molar-refractivity contribution in [3.8, 4) is 11.4 Å². The first kappa shape index (κ1) is 20.1. The number of hydrogen-bond donors (Lipinski definition) is 1. The number of nitrogens with one attached hydrogen (secondary N) is 1. The smallest absolute Gasteiger partial charge is 0.216 e. The zero-order valence-electron chi connectivity index (χ0n) is 17.1. The van der Waals surface area contributed by atoms with Gasteiger partial charge in [0.15, 0.2) is 11.6 Å². The molecule has 0 aromatic carbocycles. The monoisotopic (exact) mass is 395 g/mol. The molecule has 0 saturated carbocycles. The highest BCUT2D eigenvalue weighted by Crippen LogP contribution is 2.37. The second-order valence-electron chi connectivity index (χ2n) is 8.88. The van der Waals surface area contributed by atoms with Gasteiger partial charge < -0.3 is 0 Å². The largest absolute Gasteiger partial charge is 0.289 e. The number of H-pyrrole nitrogens is 1. The van der Waals surface area contributed by atoms with Crippen LogP contribution in [0.15, 0.2) is 52.9 Å². The van der Waals surface area contributed by atoms with Crippen LogP contribution in [0.2, 0.25) is 0 Å². The van der Waals surface area contributed by atoms with Crippen molar-refractivity contribution >= 4 is 23.7 Å². The number of aromatic nitrogens is 4. The minimum atomic E-state index is -0.299. The van der Waals surface area contributed by atoms with Crippen LogP contribution in [0.4, 0.5) is 0 Å². The van der Waals surface area contributed by atoms with Crippen molar-refractivity contribution in [2.45, 2.75) is 41.5 Å². The molecule has 0 bridgehead atoms. The Morgan fingerprint density at radius 1 is 1.07 bits per heavy atom. The van der Waals surface area contributed by atoms with Crippen molar-refractivity contribution in [2.24, 2.45) is 15.9 Å². The fraction of sp³-hybridized carbons (Fsp3) is 0.381. The molecule has 2 aromatic rings. The third-order valence-electron chi connectivity index (χ3n) is 4.48. The Morgan fingerprint density at radius 2 is 1.68 bits per heavy atom. The van der Waals surface area contributed by atoms with Gasteiger partial charge in [-0.15, -0.1) is 0 Å². The van der Waals surface area contributed by atoms with Crippen molar-refractivity contribution in [3.05, 3.63) is 52.6 Å². The van der Waals surface area contributed by atoms with Crippen LogP contribution in [0.3, 0.4) is 0 Å². The van der Waals surface area contributed by atoms with E-state index in [1.54, 1.807) is 17.1 Å². The van der Waals surface area contributed by atoms with Crippen LogP contribution >= 0.6 is 12.2 Å². The molecule has 0 aliphatic heterocycles. The first-order valence-corrected chi connectivity index (χ1v) is 9.55. The molecule has 0 unspecified atom stereocenters. The molecule has 1 aliphatic rings. The lowest BCUT2D eigenvalue weighted by atomic mass is 9.72.